The lowest BCUT2D eigenvalue weighted by atomic mass is 10.1. The van der Waals surface area contributed by atoms with E-state index in [1.807, 2.05) is 0 Å². The lowest BCUT2D eigenvalue weighted by molar-refractivity contribution is -0.139. The Hall–Kier alpha value is -2.28. The number of phenolic OH excluding ortho intramolecular Hbond substituents is 1. The minimum absolute atomic E-state index is 0.107. The third-order valence-electron chi connectivity index (χ3n) is 2.41. The highest BCUT2D eigenvalue weighted by molar-refractivity contribution is 5.87. The van der Waals surface area contributed by atoms with Gasteiger partial charge in [-0.3, -0.25) is 10.1 Å². The van der Waals surface area contributed by atoms with Gasteiger partial charge in [0.1, 0.15) is 11.4 Å². The van der Waals surface area contributed by atoms with Crippen LogP contribution in [0.5, 0.6) is 5.75 Å². The van der Waals surface area contributed by atoms with E-state index in [9.17, 15) is 19.8 Å². The number of nitrogens with one attached hydrogen (secondary N) is 1. The molecular formula is C14H19NO6. The molecule has 0 aliphatic carbocycles. The molecule has 0 saturated carbocycles. The number of rotatable bonds is 4. The van der Waals surface area contributed by atoms with Crippen LogP contribution in [-0.2, 0) is 9.53 Å². The smallest absolute Gasteiger partial charge is 0.412 e. The zero-order chi connectivity index (χ0) is 16.2. The number of carboxylic acids is 1. The van der Waals surface area contributed by atoms with E-state index in [-0.39, 0.29) is 17.0 Å². The summed E-state index contributed by atoms with van der Waals surface area (Å²) in [6.07, 6.45) is -2.43. The second-order valence-electron chi connectivity index (χ2n) is 5.52. The van der Waals surface area contributed by atoms with Crippen molar-refractivity contribution in [2.45, 2.75) is 38.9 Å². The quantitative estimate of drug-likeness (QED) is 0.633. The average Bonchev–Trinajstić information content (AvgIpc) is 2.28. The molecule has 4 N–H and O–H groups in total. The molecule has 0 aromatic heterocycles. The van der Waals surface area contributed by atoms with Crippen LogP contribution >= 0.6 is 0 Å². The molecule has 0 saturated heterocycles. The molecule has 21 heavy (non-hydrogen) atoms. The van der Waals surface area contributed by atoms with E-state index in [4.69, 9.17) is 9.84 Å². The molecule has 0 spiro atoms. The predicted octanol–water partition coefficient (Wildman–Crippen LogP) is 2.25. The summed E-state index contributed by atoms with van der Waals surface area (Å²) in [6.45, 7) is 5.12. The fourth-order valence-electron chi connectivity index (χ4n) is 1.56. The first-order valence-corrected chi connectivity index (χ1v) is 6.31. The van der Waals surface area contributed by atoms with Gasteiger partial charge < -0.3 is 20.1 Å². The number of carboxylic acid groups (broad SMARTS) is 1. The summed E-state index contributed by atoms with van der Waals surface area (Å²) in [6, 6.07) is 3.97. The molecule has 116 valence electrons. The van der Waals surface area contributed by atoms with E-state index >= 15 is 0 Å². The molecule has 0 heterocycles. The van der Waals surface area contributed by atoms with Gasteiger partial charge in [0.2, 0.25) is 0 Å². The second kappa shape index (κ2) is 6.45. The topological polar surface area (TPSA) is 116 Å². The SMILES string of the molecule is CC(C)(C)OC(=O)Nc1ccc([C@@H](O)CC(=O)O)cc1O. The van der Waals surface area contributed by atoms with E-state index in [0.717, 1.165) is 0 Å². The highest BCUT2D eigenvalue weighted by atomic mass is 16.6. The Morgan fingerprint density at radius 1 is 1.33 bits per heavy atom. The van der Waals surface area contributed by atoms with Crippen molar-refractivity contribution in [2.75, 3.05) is 5.32 Å². The Balaban J connectivity index is 2.79. The summed E-state index contributed by atoms with van der Waals surface area (Å²) < 4.78 is 5.04. The molecule has 0 unspecified atom stereocenters. The Kier molecular flexibility index (Phi) is 5.15. The number of carbonyl (C=O) groups excluding carboxylic acids is 1. The van der Waals surface area contributed by atoms with Crippen LogP contribution in [-0.4, -0.2) is 33.0 Å². The monoisotopic (exact) mass is 297 g/mol. The molecule has 0 fully saturated rings. The molecule has 0 bridgehead atoms. The van der Waals surface area contributed by atoms with Crippen molar-refractivity contribution in [3.05, 3.63) is 23.8 Å². The van der Waals surface area contributed by atoms with Crippen molar-refractivity contribution in [1.29, 1.82) is 0 Å². The minimum atomic E-state index is -1.23. The molecule has 1 atom stereocenters. The summed E-state index contributed by atoms with van der Waals surface area (Å²) in [5.74, 6) is -1.44. The van der Waals surface area contributed by atoms with Crippen LogP contribution in [0.2, 0.25) is 0 Å². The Labute approximate surface area is 122 Å². The second-order valence-corrected chi connectivity index (χ2v) is 5.52. The molecule has 1 rings (SSSR count). The molecule has 0 radical (unpaired) electrons. The maximum Gasteiger partial charge on any atom is 0.412 e. The molecule has 7 heteroatoms. The number of benzene rings is 1. The number of aliphatic carboxylic acids is 1. The fourth-order valence-corrected chi connectivity index (χ4v) is 1.56. The largest absolute Gasteiger partial charge is 0.506 e. The van der Waals surface area contributed by atoms with E-state index < -0.39 is 30.2 Å². The van der Waals surface area contributed by atoms with Crippen LogP contribution < -0.4 is 5.32 Å². The summed E-state index contributed by atoms with van der Waals surface area (Å²) in [4.78, 5) is 22.1. The van der Waals surface area contributed by atoms with Crippen molar-refractivity contribution >= 4 is 17.7 Å². The Bertz CT molecular complexity index is 535. The average molecular weight is 297 g/mol. The molecule has 0 aliphatic rings. The lowest BCUT2D eigenvalue weighted by Crippen LogP contribution is -2.27. The number of aliphatic hydroxyl groups excluding tert-OH is 1. The predicted molar refractivity (Wildman–Crippen MR) is 75.2 cm³/mol. The van der Waals surface area contributed by atoms with Crippen LogP contribution in [0.4, 0.5) is 10.5 Å². The Morgan fingerprint density at radius 2 is 1.95 bits per heavy atom. The van der Waals surface area contributed by atoms with E-state index in [0.29, 0.717) is 0 Å². The summed E-state index contributed by atoms with van der Waals surface area (Å²) in [7, 11) is 0. The van der Waals surface area contributed by atoms with Gasteiger partial charge in [-0.25, -0.2) is 4.79 Å². The van der Waals surface area contributed by atoms with E-state index in [1.165, 1.54) is 18.2 Å². The van der Waals surface area contributed by atoms with Gasteiger partial charge in [0.05, 0.1) is 18.2 Å². The number of hydrogen-bond donors (Lipinski definition) is 4. The van der Waals surface area contributed by atoms with Crippen LogP contribution in [0.3, 0.4) is 0 Å². The number of aliphatic hydroxyl groups is 1. The van der Waals surface area contributed by atoms with Gasteiger partial charge in [-0.15, -0.1) is 0 Å². The lowest BCUT2D eigenvalue weighted by Gasteiger charge is -2.20. The number of aromatic hydroxyl groups is 1. The number of amides is 1. The van der Waals surface area contributed by atoms with Crippen molar-refractivity contribution in [3.8, 4) is 5.75 Å². The van der Waals surface area contributed by atoms with Crippen LogP contribution in [0, 0.1) is 0 Å². The molecular weight excluding hydrogens is 278 g/mol. The highest BCUT2D eigenvalue weighted by Crippen LogP contribution is 2.28. The van der Waals surface area contributed by atoms with Crippen molar-refractivity contribution < 1.29 is 29.6 Å². The van der Waals surface area contributed by atoms with E-state index in [2.05, 4.69) is 5.32 Å². The van der Waals surface area contributed by atoms with Gasteiger partial charge in [0.15, 0.2) is 0 Å². The van der Waals surface area contributed by atoms with Gasteiger partial charge in [-0.2, -0.15) is 0 Å². The maximum atomic E-state index is 11.6. The molecule has 0 aliphatic heterocycles. The third kappa shape index (κ3) is 5.70. The third-order valence-corrected chi connectivity index (χ3v) is 2.41. The van der Waals surface area contributed by atoms with Gasteiger partial charge in [-0.05, 0) is 38.5 Å². The number of phenols is 1. The minimum Gasteiger partial charge on any atom is -0.506 e. The molecule has 7 nitrogen and oxygen atoms in total. The highest BCUT2D eigenvalue weighted by Gasteiger charge is 2.18. The Morgan fingerprint density at radius 3 is 2.43 bits per heavy atom. The van der Waals surface area contributed by atoms with Crippen LogP contribution in [0.1, 0.15) is 38.9 Å². The van der Waals surface area contributed by atoms with Crippen LogP contribution in [0.25, 0.3) is 0 Å². The number of carbonyl (C=O) groups is 2. The summed E-state index contributed by atoms with van der Waals surface area (Å²) in [5.41, 5.74) is -0.322. The van der Waals surface area contributed by atoms with Gasteiger partial charge in [0, 0.05) is 0 Å². The van der Waals surface area contributed by atoms with Crippen molar-refractivity contribution in [3.63, 3.8) is 0 Å². The van der Waals surface area contributed by atoms with Gasteiger partial charge in [-0.1, -0.05) is 6.07 Å². The normalized spacial score (nSPS) is 12.6. The zero-order valence-electron chi connectivity index (χ0n) is 12.1. The molecule has 1 aromatic rings. The van der Waals surface area contributed by atoms with Gasteiger partial charge in [0.25, 0.3) is 0 Å². The van der Waals surface area contributed by atoms with Crippen molar-refractivity contribution in [1.82, 2.24) is 0 Å². The standard InChI is InChI=1S/C14H19NO6/c1-14(2,3)21-13(20)15-9-5-4-8(6-11(9)17)10(16)7-12(18)19/h4-6,10,16-17H,7H2,1-3H3,(H,15,20)(H,18,19)/t10-/m0/s1. The number of ether oxygens (including phenoxy) is 1. The first-order valence-electron chi connectivity index (χ1n) is 6.31. The first-order chi connectivity index (χ1) is 9.58. The zero-order valence-corrected chi connectivity index (χ0v) is 12.1. The van der Waals surface area contributed by atoms with E-state index in [1.54, 1.807) is 20.8 Å². The fraction of sp³-hybridized carbons (Fsp3) is 0.429. The maximum absolute atomic E-state index is 11.6. The summed E-state index contributed by atoms with van der Waals surface area (Å²) in [5, 5.41) is 30.4. The molecule has 1 amide bonds. The number of hydrogen-bond acceptors (Lipinski definition) is 5. The summed E-state index contributed by atoms with van der Waals surface area (Å²) >= 11 is 0. The van der Waals surface area contributed by atoms with Crippen molar-refractivity contribution in [2.24, 2.45) is 0 Å². The first kappa shape index (κ1) is 16.8. The van der Waals surface area contributed by atoms with Crippen LogP contribution in [0.15, 0.2) is 18.2 Å². The van der Waals surface area contributed by atoms with Gasteiger partial charge >= 0.3 is 12.1 Å². The number of anilines is 1. The molecule has 1 aromatic carbocycles.